The van der Waals surface area contributed by atoms with E-state index in [0.717, 1.165) is 12.0 Å². The molecular formula is C22H32N4O5S. The molecule has 0 spiro atoms. The van der Waals surface area contributed by atoms with Gasteiger partial charge in [0.15, 0.2) is 5.76 Å². The van der Waals surface area contributed by atoms with Crippen LogP contribution in [0.3, 0.4) is 0 Å². The normalized spacial score (nSPS) is 16.1. The molecule has 0 radical (unpaired) electrons. The van der Waals surface area contributed by atoms with Crippen LogP contribution in [0.5, 0.6) is 0 Å². The molecule has 1 N–H and O–H groups in total. The first-order valence-corrected chi connectivity index (χ1v) is 12.4. The fourth-order valence-corrected chi connectivity index (χ4v) is 5.50. The lowest BCUT2D eigenvalue weighted by Gasteiger charge is -2.21. The van der Waals surface area contributed by atoms with Gasteiger partial charge in [-0.2, -0.15) is 4.31 Å². The number of hydrogen-bond donors (Lipinski definition) is 1. The number of ether oxygens (including phenoxy) is 1. The van der Waals surface area contributed by atoms with E-state index in [0.29, 0.717) is 63.8 Å². The molecule has 1 aromatic heterocycles. The Morgan fingerprint density at radius 2 is 1.94 bits per heavy atom. The van der Waals surface area contributed by atoms with Crippen molar-refractivity contribution >= 4 is 15.9 Å². The second kappa shape index (κ2) is 11.6. The summed E-state index contributed by atoms with van der Waals surface area (Å²) in [7, 11) is -3.66. The molecule has 176 valence electrons. The first kappa shape index (κ1) is 24.4. The lowest BCUT2D eigenvalue weighted by molar-refractivity contribution is -0.122. The van der Waals surface area contributed by atoms with Gasteiger partial charge in [-0.25, -0.2) is 8.42 Å². The molecule has 1 fully saturated rings. The SMILES string of the molecule is Cc1noc(C)c1S(=O)(=O)N1CCCN(CC(=O)NCCCOCc2ccccc2)CC1. The first-order chi connectivity index (χ1) is 15.4. The number of carbonyl (C=O) groups is 1. The Bertz CT molecular complexity index is 958. The second-order valence-electron chi connectivity index (χ2n) is 7.93. The van der Waals surface area contributed by atoms with E-state index in [1.165, 1.54) is 4.31 Å². The monoisotopic (exact) mass is 464 g/mol. The highest BCUT2D eigenvalue weighted by atomic mass is 32.2. The molecule has 0 bridgehead atoms. The van der Waals surface area contributed by atoms with E-state index in [2.05, 4.69) is 10.5 Å². The van der Waals surface area contributed by atoms with Gasteiger partial charge in [-0.1, -0.05) is 35.5 Å². The molecule has 1 saturated heterocycles. The average Bonchev–Trinajstić information content (AvgIpc) is 2.96. The Labute approximate surface area is 189 Å². The number of carbonyl (C=O) groups excluding carboxylic acids is 1. The molecule has 2 aromatic rings. The number of nitrogens with one attached hydrogen (secondary N) is 1. The van der Waals surface area contributed by atoms with Crippen molar-refractivity contribution in [2.75, 3.05) is 45.9 Å². The Morgan fingerprint density at radius 3 is 2.66 bits per heavy atom. The number of aromatic nitrogens is 1. The molecule has 9 nitrogen and oxygen atoms in total. The van der Waals surface area contributed by atoms with Gasteiger partial charge in [0.2, 0.25) is 15.9 Å². The molecule has 2 heterocycles. The number of sulfonamides is 1. The third-order valence-electron chi connectivity index (χ3n) is 5.38. The van der Waals surface area contributed by atoms with E-state index in [4.69, 9.17) is 9.26 Å². The maximum Gasteiger partial charge on any atom is 0.248 e. The minimum atomic E-state index is -3.66. The van der Waals surface area contributed by atoms with E-state index in [-0.39, 0.29) is 17.3 Å². The number of amides is 1. The third-order valence-corrected chi connectivity index (χ3v) is 7.52. The highest BCUT2D eigenvalue weighted by Crippen LogP contribution is 2.24. The van der Waals surface area contributed by atoms with Crippen LogP contribution in [0.15, 0.2) is 39.8 Å². The number of rotatable bonds is 10. The molecule has 0 atom stereocenters. The van der Waals surface area contributed by atoms with Gasteiger partial charge in [-0.05, 0) is 38.8 Å². The third kappa shape index (κ3) is 6.61. The maximum absolute atomic E-state index is 13.0. The van der Waals surface area contributed by atoms with Crippen molar-refractivity contribution in [3.05, 3.63) is 47.3 Å². The van der Waals surface area contributed by atoms with E-state index < -0.39 is 10.0 Å². The lowest BCUT2D eigenvalue weighted by Crippen LogP contribution is -2.40. The van der Waals surface area contributed by atoms with Crippen molar-refractivity contribution in [1.29, 1.82) is 0 Å². The summed E-state index contributed by atoms with van der Waals surface area (Å²) in [5.74, 6) is 0.241. The predicted octanol–water partition coefficient (Wildman–Crippen LogP) is 1.71. The Balaban J connectivity index is 1.37. The standard InChI is InChI=1S/C22H32N4O5S/c1-18-22(19(2)31-24-18)32(28,29)26-12-7-11-25(13-14-26)16-21(27)23-10-6-15-30-17-20-8-4-3-5-9-20/h3-5,8-9H,6-7,10-17H2,1-2H3,(H,23,27). The van der Waals surface area contributed by atoms with Gasteiger partial charge in [-0.15, -0.1) is 0 Å². The van der Waals surface area contributed by atoms with Crippen LogP contribution in [0, 0.1) is 13.8 Å². The molecule has 0 aliphatic carbocycles. The van der Waals surface area contributed by atoms with Crippen molar-refractivity contribution < 1.29 is 22.5 Å². The van der Waals surface area contributed by atoms with Crippen molar-refractivity contribution in [2.24, 2.45) is 0 Å². The Morgan fingerprint density at radius 1 is 1.16 bits per heavy atom. The van der Waals surface area contributed by atoms with E-state index >= 15 is 0 Å². The summed E-state index contributed by atoms with van der Waals surface area (Å²) < 4.78 is 38.1. The van der Waals surface area contributed by atoms with Crippen LogP contribution in [-0.4, -0.2) is 74.6 Å². The van der Waals surface area contributed by atoms with Gasteiger partial charge < -0.3 is 14.6 Å². The number of hydrogen-bond acceptors (Lipinski definition) is 7. The Kier molecular flexibility index (Phi) is 8.80. The smallest absolute Gasteiger partial charge is 0.248 e. The predicted molar refractivity (Wildman–Crippen MR) is 120 cm³/mol. The lowest BCUT2D eigenvalue weighted by atomic mass is 10.2. The maximum atomic E-state index is 13.0. The minimum absolute atomic E-state index is 0.0601. The molecular weight excluding hydrogens is 432 g/mol. The van der Waals surface area contributed by atoms with Crippen molar-refractivity contribution in [3.63, 3.8) is 0 Å². The largest absolute Gasteiger partial charge is 0.377 e. The minimum Gasteiger partial charge on any atom is -0.377 e. The highest BCUT2D eigenvalue weighted by molar-refractivity contribution is 7.89. The van der Waals surface area contributed by atoms with Crippen LogP contribution >= 0.6 is 0 Å². The Hall–Kier alpha value is -2.27. The summed E-state index contributed by atoms with van der Waals surface area (Å²) in [6.45, 7) is 7.08. The zero-order chi connectivity index (χ0) is 23.0. The molecule has 10 heteroatoms. The summed E-state index contributed by atoms with van der Waals surface area (Å²) in [6.07, 6.45) is 1.39. The van der Waals surface area contributed by atoms with E-state index in [1.54, 1.807) is 13.8 Å². The van der Waals surface area contributed by atoms with Crippen LogP contribution in [0.1, 0.15) is 29.9 Å². The summed E-state index contributed by atoms with van der Waals surface area (Å²) in [4.78, 5) is 14.4. The summed E-state index contributed by atoms with van der Waals surface area (Å²) in [5.41, 5.74) is 1.50. The van der Waals surface area contributed by atoms with E-state index in [9.17, 15) is 13.2 Å². The molecule has 0 saturated carbocycles. The van der Waals surface area contributed by atoms with Crippen LogP contribution in [-0.2, 0) is 26.2 Å². The highest BCUT2D eigenvalue weighted by Gasteiger charge is 2.32. The molecule has 1 aliphatic rings. The molecule has 3 rings (SSSR count). The van der Waals surface area contributed by atoms with Gasteiger partial charge >= 0.3 is 0 Å². The van der Waals surface area contributed by atoms with Crippen LogP contribution in [0.4, 0.5) is 0 Å². The summed E-state index contributed by atoms with van der Waals surface area (Å²) in [6, 6.07) is 9.96. The van der Waals surface area contributed by atoms with E-state index in [1.807, 2.05) is 35.2 Å². The summed E-state index contributed by atoms with van der Waals surface area (Å²) in [5, 5.41) is 6.68. The zero-order valence-electron chi connectivity index (χ0n) is 18.7. The van der Waals surface area contributed by atoms with Crippen molar-refractivity contribution in [3.8, 4) is 0 Å². The topological polar surface area (TPSA) is 105 Å². The van der Waals surface area contributed by atoms with Gasteiger partial charge in [0.1, 0.15) is 10.6 Å². The van der Waals surface area contributed by atoms with Crippen molar-refractivity contribution in [1.82, 2.24) is 19.7 Å². The first-order valence-electron chi connectivity index (χ1n) is 10.9. The van der Waals surface area contributed by atoms with Gasteiger partial charge in [0.05, 0.1) is 13.2 Å². The second-order valence-corrected chi connectivity index (χ2v) is 9.80. The van der Waals surface area contributed by atoms with Crippen LogP contribution in [0.25, 0.3) is 0 Å². The molecule has 0 unspecified atom stereocenters. The molecule has 1 amide bonds. The fourth-order valence-electron chi connectivity index (χ4n) is 3.74. The zero-order valence-corrected chi connectivity index (χ0v) is 19.6. The van der Waals surface area contributed by atoms with Gasteiger partial charge in [-0.3, -0.25) is 9.69 Å². The quantitative estimate of drug-likeness (QED) is 0.534. The molecule has 32 heavy (non-hydrogen) atoms. The molecule has 1 aromatic carbocycles. The average molecular weight is 465 g/mol. The number of aryl methyl sites for hydroxylation is 2. The van der Waals surface area contributed by atoms with Gasteiger partial charge in [0, 0.05) is 32.8 Å². The summed E-state index contributed by atoms with van der Waals surface area (Å²) >= 11 is 0. The number of nitrogens with zero attached hydrogens (tertiary/aromatic N) is 3. The van der Waals surface area contributed by atoms with Crippen LogP contribution < -0.4 is 5.32 Å². The van der Waals surface area contributed by atoms with Gasteiger partial charge in [0.25, 0.3) is 0 Å². The number of benzene rings is 1. The van der Waals surface area contributed by atoms with Crippen molar-refractivity contribution in [2.45, 2.75) is 38.2 Å². The van der Waals surface area contributed by atoms with Crippen LogP contribution in [0.2, 0.25) is 0 Å². The fraction of sp³-hybridized carbons (Fsp3) is 0.545. The molecule has 1 aliphatic heterocycles.